The number of aromatic hydroxyl groups is 1. The van der Waals surface area contributed by atoms with E-state index in [0.717, 1.165) is 31.2 Å². The van der Waals surface area contributed by atoms with Gasteiger partial charge in [-0.15, -0.1) is 0 Å². The van der Waals surface area contributed by atoms with Crippen molar-refractivity contribution in [3.63, 3.8) is 0 Å². The van der Waals surface area contributed by atoms with Gasteiger partial charge in [-0.2, -0.15) is 0 Å². The molecule has 0 bridgehead atoms. The van der Waals surface area contributed by atoms with Crippen LogP contribution in [-0.4, -0.2) is 16.8 Å². The van der Waals surface area contributed by atoms with E-state index in [1.807, 2.05) is 6.07 Å². The molecular weight excluding hydrogens is 268 g/mol. The molecule has 1 fully saturated rings. The van der Waals surface area contributed by atoms with E-state index in [2.05, 4.69) is 5.32 Å². The molecule has 1 aromatic rings. The maximum absolute atomic E-state index is 11.7. The summed E-state index contributed by atoms with van der Waals surface area (Å²) in [5, 5.41) is 12.6. The molecule has 0 unspecified atom stereocenters. The Hall–Kier alpha value is -1.75. The molecule has 5 heteroatoms. The minimum atomic E-state index is -0.589. The Kier molecular flexibility index (Phi) is 4.14. The molecule has 1 amide bonds. The fourth-order valence-corrected chi connectivity index (χ4v) is 2.66. The fraction of sp³-hybridized carbons (Fsp3) is 0.562. The minimum Gasteiger partial charge on any atom is -0.506 e. The molecule has 0 aromatic heterocycles. The standard InChI is InChI=1S/C16H24N2O3/c1-15(2,3)21-14(20)18-12-7-6-11(10-13(12)19)16(17)8-4-5-9-16/h6-7,10,19H,4-5,8-9,17H2,1-3H3,(H,18,20). The molecule has 0 heterocycles. The van der Waals surface area contributed by atoms with Crippen LogP contribution in [0.25, 0.3) is 0 Å². The van der Waals surface area contributed by atoms with E-state index in [4.69, 9.17) is 10.5 Å². The molecule has 21 heavy (non-hydrogen) atoms. The van der Waals surface area contributed by atoms with Crippen molar-refractivity contribution in [1.82, 2.24) is 0 Å². The Morgan fingerprint density at radius 2 is 1.95 bits per heavy atom. The van der Waals surface area contributed by atoms with Gasteiger partial charge in [0.05, 0.1) is 5.69 Å². The number of phenols is 1. The summed E-state index contributed by atoms with van der Waals surface area (Å²) >= 11 is 0. The van der Waals surface area contributed by atoms with Gasteiger partial charge >= 0.3 is 6.09 Å². The van der Waals surface area contributed by atoms with Crippen LogP contribution in [0.4, 0.5) is 10.5 Å². The lowest BCUT2D eigenvalue weighted by atomic mass is 9.89. The van der Waals surface area contributed by atoms with Crippen LogP contribution in [0.3, 0.4) is 0 Å². The average Bonchev–Trinajstić information content (AvgIpc) is 2.77. The Balaban J connectivity index is 2.11. The van der Waals surface area contributed by atoms with Crippen LogP contribution < -0.4 is 11.1 Å². The summed E-state index contributed by atoms with van der Waals surface area (Å²) in [6.45, 7) is 5.36. The first-order valence-electron chi connectivity index (χ1n) is 7.32. The highest BCUT2D eigenvalue weighted by Crippen LogP contribution is 2.38. The van der Waals surface area contributed by atoms with Gasteiger partial charge < -0.3 is 15.6 Å². The largest absolute Gasteiger partial charge is 0.506 e. The smallest absolute Gasteiger partial charge is 0.412 e. The Labute approximate surface area is 125 Å². The third kappa shape index (κ3) is 3.88. The van der Waals surface area contributed by atoms with Gasteiger partial charge in [-0.1, -0.05) is 18.9 Å². The molecule has 0 saturated heterocycles. The van der Waals surface area contributed by atoms with Crippen molar-refractivity contribution in [1.29, 1.82) is 0 Å². The zero-order valence-corrected chi connectivity index (χ0v) is 12.9. The lowest BCUT2D eigenvalue weighted by molar-refractivity contribution is 0.0635. The van der Waals surface area contributed by atoms with E-state index >= 15 is 0 Å². The van der Waals surface area contributed by atoms with Crippen molar-refractivity contribution < 1.29 is 14.6 Å². The average molecular weight is 292 g/mol. The lowest BCUT2D eigenvalue weighted by Gasteiger charge is -2.25. The topological polar surface area (TPSA) is 84.6 Å². The molecule has 2 rings (SSSR count). The van der Waals surface area contributed by atoms with Gasteiger partial charge in [0, 0.05) is 5.54 Å². The van der Waals surface area contributed by atoms with E-state index in [1.165, 1.54) is 0 Å². The number of benzene rings is 1. The van der Waals surface area contributed by atoms with Crippen LogP contribution in [0.2, 0.25) is 0 Å². The number of hydrogen-bond acceptors (Lipinski definition) is 4. The first-order chi connectivity index (χ1) is 9.70. The van der Waals surface area contributed by atoms with Crippen molar-refractivity contribution in [3.8, 4) is 5.75 Å². The van der Waals surface area contributed by atoms with E-state index in [-0.39, 0.29) is 11.3 Å². The van der Waals surface area contributed by atoms with Crippen molar-refractivity contribution >= 4 is 11.8 Å². The summed E-state index contributed by atoms with van der Waals surface area (Å²) in [7, 11) is 0. The molecule has 0 spiro atoms. The van der Waals surface area contributed by atoms with Gasteiger partial charge in [0.15, 0.2) is 0 Å². The third-order valence-corrected chi connectivity index (χ3v) is 3.70. The summed E-state index contributed by atoms with van der Waals surface area (Å²) in [6.07, 6.45) is 3.47. The highest BCUT2D eigenvalue weighted by atomic mass is 16.6. The monoisotopic (exact) mass is 292 g/mol. The van der Waals surface area contributed by atoms with Gasteiger partial charge in [-0.3, -0.25) is 5.32 Å². The third-order valence-electron chi connectivity index (χ3n) is 3.70. The number of nitrogens with two attached hydrogens (primary N) is 1. The lowest BCUT2D eigenvalue weighted by Crippen LogP contribution is -2.33. The second-order valence-corrected chi connectivity index (χ2v) is 6.72. The van der Waals surface area contributed by atoms with Crippen LogP contribution in [0, 0.1) is 0 Å². The van der Waals surface area contributed by atoms with Gasteiger partial charge in [-0.05, 0) is 51.3 Å². The molecule has 1 saturated carbocycles. The molecule has 0 atom stereocenters. The quantitative estimate of drug-likeness (QED) is 0.729. The van der Waals surface area contributed by atoms with Crippen LogP contribution in [0.15, 0.2) is 18.2 Å². The fourth-order valence-electron chi connectivity index (χ4n) is 2.66. The predicted molar refractivity (Wildman–Crippen MR) is 82.3 cm³/mol. The number of rotatable bonds is 2. The number of carbonyl (C=O) groups excluding carboxylic acids is 1. The maximum Gasteiger partial charge on any atom is 0.412 e. The number of nitrogens with one attached hydrogen (secondary N) is 1. The van der Waals surface area contributed by atoms with Gasteiger partial charge in [0.1, 0.15) is 11.4 Å². The van der Waals surface area contributed by atoms with E-state index < -0.39 is 11.7 Å². The van der Waals surface area contributed by atoms with Gasteiger partial charge in [0.2, 0.25) is 0 Å². The SMILES string of the molecule is CC(C)(C)OC(=O)Nc1ccc(C2(N)CCCC2)cc1O. The molecule has 116 valence electrons. The first kappa shape index (κ1) is 15.6. The summed E-state index contributed by atoms with van der Waals surface area (Å²) in [4.78, 5) is 11.7. The van der Waals surface area contributed by atoms with Crippen LogP contribution in [0.1, 0.15) is 52.0 Å². The predicted octanol–water partition coefficient (Wildman–Crippen LogP) is 3.47. The number of anilines is 1. The molecule has 1 aliphatic rings. The molecule has 1 aliphatic carbocycles. The second-order valence-electron chi connectivity index (χ2n) is 6.72. The highest BCUT2D eigenvalue weighted by molar-refractivity contribution is 5.87. The second kappa shape index (κ2) is 5.56. The Bertz CT molecular complexity index is 529. The van der Waals surface area contributed by atoms with Crippen molar-refractivity contribution in [2.24, 2.45) is 5.73 Å². The summed E-state index contributed by atoms with van der Waals surface area (Å²) in [6, 6.07) is 5.16. The number of amides is 1. The molecule has 0 radical (unpaired) electrons. The number of carbonyl (C=O) groups is 1. The molecule has 5 nitrogen and oxygen atoms in total. The zero-order valence-electron chi connectivity index (χ0n) is 12.9. The molecule has 1 aromatic carbocycles. The Morgan fingerprint density at radius 3 is 2.48 bits per heavy atom. The van der Waals surface area contributed by atoms with Crippen LogP contribution in [-0.2, 0) is 10.3 Å². The zero-order chi connectivity index (χ0) is 15.7. The Morgan fingerprint density at radius 1 is 1.33 bits per heavy atom. The summed E-state index contributed by atoms with van der Waals surface area (Å²) in [5.41, 5.74) is 6.66. The van der Waals surface area contributed by atoms with Crippen LogP contribution >= 0.6 is 0 Å². The first-order valence-corrected chi connectivity index (χ1v) is 7.32. The molecule has 0 aliphatic heterocycles. The van der Waals surface area contributed by atoms with Gasteiger partial charge in [-0.25, -0.2) is 4.79 Å². The van der Waals surface area contributed by atoms with Crippen molar-refractivity contribution in [3.05, 3.63) is 23.8 Å². The van der Waals surface area contributed by atoms with Crippen molar-refractivity contribution in [2.45, 2.75) is 57.6 Å². The van der Waals surface area contributed by atoms with Crippen LogP contribution in [0.5, 0.6) is 5.75 Å². The maximum atomic E-state index is 11.7. The number of phenolic OH excluding ortho intramolecular Hbond substituents is 1. The molecule has 4 N–H and O–H groups in total. The van der Waals surface area contributed by atoms with E-state index in [9.17, 15) is 9.90 Å². The molecular formula is C16H24N2O3. The minimum absolute atomic E-state index is 0.00934. The normalized spacial score (nSPS) is 17.5. The summed E-state index contributed by atoms with van der Waals surface area (Å²) < 4.78 is 5.16. The highest BCUT2D eigenvalue weighted by Gasteiger charge is 2.31. The van der Waals surface area contributed by atoms with E-state index in [1.54, 1.807) is 32.9 Å². The summed E-state index contributed by atoms with van der Waals surface area (Å²) in [5.74, 6) is 0.00934. The van der Waals surface area contributed by atoms with E-state index in [0.29, 0.717) is 5.69 Å². The number of ether oxygens (including phenoxy) is 1. The van der Waals surface area contributed by atoms with Gasteiger partial charge in [0.25, 0.3) is 0 Å². The van der Waals surface area contributed by atoms with Crippen molar-refractivity contribution in [2.75, 3.05) is 5.32 Å². The number of hydrogen-bond donors (Lipinski definition) is 3.